The fraction of sp³-hybridized carbons (Fsp3) is 0.200. The van der Waals surface area contributed by atoms with Gasteiger partial charge in [-0.15, -0.1) is 11.6 Å². The molecule has 0 aliphatic carbocycles. The maximum Gasteiger partial charge on any atom is 0.131 e. The molecule has 0 N–H and O–H groups in total. The molecule has 0 amide bonds. The lowest BCUT2D eigenvalue weighted by Crippen LogP contribution is -2.02. The van der Waals surface area contributed by atoms with Crippen LogP contribution in [0.2, 0.25) is 0 Å². The lowest BCUT2D eigenvalue weighted by molar-refractivity contribution is 0.410. The van der Waals surface area contributed by atoms with E-state index in [1.54, 1.807) is 25.1 Å². The summed E-state index contributed by atoms with van der Waals surface area (Å²) in [5.74, 6) is -0.707. The fourth-order valence-corrected chi connectivity index (χ4v) is 2.66. The van der Waals surface area contributed by atoms with Crippen LogP contribution < -0.4 is 4.74 Å². The van der Waals surface area contributed by atoms with Gasteiger partial charge in [0.05, 0.1) is 12.5 Å². The Hall–Kier alpha value is -1.13. The van der Waals surface area contributed by atoms with Gasteiger partial charge in [0.15, 0.2) is 0 Å². The van der Waals surface area contributed by atoms with Crippen LogP contribution in [0, 0.1) is 18.6 Å². The molecule has 0 fully saturated rings. The van der Waals surface area contributed by atoms with E-state index in [0.717, 1.165) is 10.5 Å². The van der Waals surface area contributed by atoms with Crippen molar-refractivity contribution in [1.82, 2.24) is 0 Å². The Morgan fingerprint density at radius 3 is 2.45 bits per heavy atom. The quantitative estimate of drug-likeness (QED) is 0.668. The van der Waals surface area contributed by atoms with Crippen LogP contribution in [0.4, 0.5) is 8.78 Å². The molecule has 0 bridgehead atoms. The minimum atomic E-state index is -0.762. The third kappa shape index (κ3) is 2.96. The molecule has 0 saturated carbocycles. The van der Waals surface area contributed by atoms with Gasteiger partial charge in [0.2, 0.25) is 0 Å². The van der Waals surface area contributed by atoms with Crippen molar-refractivity contribution >= 4 is 27.5 Å². The molecular weight excluding hydrogens is 350 g/mol. The Bertz CT molecular complexity index is 646. The van der Waals surface area contributed by atoms with Crippen molar-refractivity contribution in [3.8, 4) is 5.75 Å². The van der Waals surface area contributed by atoms with Gasteiger partial charge in [-0.3, -0.25) is 0 Å². The number of aryl methyl sites for hydroxylation is 1. The smallest absolute Gasteiger partial charge is 0.131 e. The van der Waals surface area contributed by atoms with Crippen molar-refractivity contribution in [2.75, 3.05) is 7.11 Å². The second-order valence-electron chi connectivity index (χ2n) is 4.37. The largest absolute Gasteiger partial charge is 0.496 e. The van der Waals surface area contributed by atoms with Gasteiger partial charge in [-0.05, 0) is 36.8 Å². The first-order chi connectivity index (χ1) is 9.43. The van der Waals surface area contributed by atoms with Gasteiger partial charge in [-0.2, -0.15) is 0 Å². The normalized spacial score (nSPS) is 12.3. The Balaban J connectivity index is 2.54. The summed E-state index contributed by atoms with van der Waals surface area (Å²) in [4.78, 5) is 0. The van der Waals surface area contributed by atoms with Crippen LogP contribution in [0.15, 0.2) is 34.8 Å². The van der Waals surface area contributed by atoms with E-state index in [4.69, 9.17) is 16.3 Å². The predicted octanol–water partition coefficient (Wildman–Crippen LogP) is 5.37. The third-order valence-electron chi connectivity index (χ3n) is 3.02. The van der Waals surface area contributed by atoms with E-state index >= 15 is 0 Å². The first kappa shape index (κ1) is 15.3. The number of methoxy groups -OCH3 is 1. The zero-order valence-corrected chi connectivity index (χ0v) is 13.2. The second-order valence-corrected chi connectivity index (χ2v) is 5.72. The first-order valence-electron chi connectivity index (χ1n) is 5.87. The zero-order chi connectivity index (χ0) is 14.9. The molecule has 5 heteroatoms. The number of hydrogen-bond acceptors (Lipinski definition) is 1. The van der Waals surface area contributed by atoms with Gasteiger partial charge in [0, 0.05) is 21.7 Å². The summed E-state index contributed by atoms with van der Waals surface area (Å²) in [5.41, 5.74) is 1.19. The Morgan fingerprint density at radius 1 is 1.10 bits per heavy atom. The molecule has 0 aromatic heterocycles. The van der Waals surface area contributed by atoms with Crippen LogP contribution in [0.3, 0.4) is 0 Å². The number of benzene rings is 2. The summed E-state index contributed by atoms with van der Waals surface area (Å²) in [5, 5.41) is -0.762. The second kappa shape index (κ2) is 6.10. The van der Waals surface area contributed by atoms with Crippen LogP contribution in [-0.4, -0.2) is 7.11 Å². The standard InChI is InChI=1S/C15H12BrClF2O/c1-8-5-10(13(19)7-12(8)18)15(17)11-6-9(16)3-4-14(11)20-2/h3-7,15H,1-2H3. The van der Waals surface area contributed by atoms with Gasteiger partial charge in [-0.1, -0.05) is 15.9 Å². The average Bonchev–Trinajstić information content (AvgIpc) is 2.42. The lowest BCUT2D eigenvalue weighted by Gasteiger charge is -2.16. The highest BCUT2D eigenvalue weighted by Gasteiger charge is 2.21. The molecule has 2 aromatic carbocycles. The monoisotopic (exact) mass is 360 g/mol. The van der Waals surface area contributed by atoms with Crippen LogP contribution >= 0.6 is 27.5 Å². The summed E-state index contributed by atoms with van der Waals surface area (Å²) >= 11 is 9.70. The summed E-state index contributed by atoms with van der Waals surface area (Å²) in [6.07, 6.45) is 0. The Labute approximate surface area is 129 Å². The zero-order valence-electron chi connectivity index (χ0n) is 10.9. The molecule has 20 heavy (non-hydrogen) atoms. The molecule has 1 atom stereocenters. The van der Waals surface area contributed by atoms with Gasteiger partial charge in [0.25, 0.3) is 0 Å². The van der Waals surface area contributed by atoms with E-state index in [1.807, 2.05) is 0 Å². The van der Waals surface area contributed by atoms with Gasteiger partial charge in [-0.25, -0.2) is 8.78 Å². The van der Waals surface area contributed by atoms with Crippen molar-refractivity contribution < 1.29 is 13.5 Å². The fourth-order valence-electron chi connectivity index (χ4n) is 1.94. The van der Waals surface area contributed by atoms with E-state index in [0.29, 0.717) is 16.9 Å². The van der Waals surface area contributed by atoms with Gasteiger partial charge < -0.3 is 4.74 Å². The highest BCUT2D eigenvalue weighted by molar-refractivity contribution is 9.10. The molecule has 1 unspecified atom stereocenters. The van der Waals surface area contributed by atoms with E-state index in [2.05, 4.69) is 15.9 Å². The number of ether oxygens (including phenoxy) is 1. The van der Waals surface area contributed by atoms with Crippen molar-refractivity contribution in [3.05, 3.63) is 63.1 Å². The molecule has 2 rings (SSSR count). The highest BCUT2D eigenvalue weighted by Crippen LogP contribution is 2.38. The minimum Gasteiger partial charge on any atom is -0.496 e. The van der Waals surface area contributed by atoms with Crippen molar-refractivity contribution in [2.24, 2.45) is 0 Å². The maximum absolute atomic E-state index is 13.9. The average molecular weight is 362 g/mol. The Kier molecular flexibility index (Phi) is 4.66. The van der Waals surface area contributed by atoms with Crippen LogP contribution in [-0.2, 0) is 0 Å². The van der Waals surface area contributed by atoms with Crippen LogP contribution in [0.5, 0.6) is 5.75 Å². The topological polar surface area (TPSA) is 9.23 Å². The van der Waals surface area contributed by atoms with E-state index in [-0.39, 0.29) is 5.56 Å². The SMILES string of the molecule is COc1ccc(Br)cc1C(Cl)c1cc(C)c(F)cc1F. The third-order valence-corrected chi connectivity index (χ3v) is 3.98. The molecule has 0 radical (unpaired) electrons. The molecule has 106 valence electrons. The van der Waals surface area contributed by atoms with Gasteiger partial charge in [0.1, 0.15) is 17.4 Å². The summed E-state index contributed by atoms with van der Waals surface area (Å²) in [6, 6.07) is 7.57. The molecule has 0 aliphatic heterocycles. The molecule has 1 nitrogen and oxygen atoms in total. The highest BCUT2D eigenvalue weighted by atomic mass is 79.9. The van der Waals surface area contributed by atoms with E-state index in [1.165, 1.54) is 13.2 Å². The molecule has 0 saturated heterocycles. The molecule has 0 spiro atoms. The molecule has 0 heterocycles. The van der Waals surface area contributed by atoms with Crippen LogP contribution in [0.1, 0.15) is 22.1 Å². The minimum absolute atomic E-state index is 0.224. The number of rotatable bonds is 3. The summed E-state index contributed by atoms with van der Waals surface area (Å²) < 4.78 is 33.3. The maximum atomic E-state index is 13.9. The van der Waals surface area contributed by atoms with Crippen molar-refractivity contribution in [2.45, 2.75) is 12.3 Å². The summed E-state index contributed by atoms with van der Waals surface area (Å²) in [6.45, 7) is 1.57. The van der Waals surface area contributed by atoms with Crippen molar-refractivity contribution in [1.29, 1.82) is 0 Å². The van der Waals surface area contributed by atoms with Gasteiger partial charge >= 0.3 is 0 Å². The van der Waals surface area contributed by atoms with E-state index in [9.17, 15) is 8.78 Å². The predicted molar refractivity (Wildman–Crippen MR) is 79.5 cm³/mol. The number of hydrogen-bond donors (Lipinski definition) is 0. The number of halogens is 4. The number of alkyl halides is 1. The van der Waals surface area contributed by atoms with E-state index < -0.39 is 17.0 Å². The molecule has 2 aromatic rings. The Morgan fingerprint density at radius 2 is 1.80 bits per heavy atom. The van der Waals surface area contributed by atoms with Crippen LogP contribution in [0.25, 0.3) is 0 Å². The first-order valence-corrected chi connectivity index (χ1v) is 7.10. The molecular formula is C15H12BrClF2O. The van der Waals surface area contributed by atoms with Crippen molar-refractivity contribution in [3.63, 3.8) is 0 Å². The molecule has 0 aliphatic rings. The summed E-state index contributed by atoms with van der Waals surface area (Å²) in [7, 11) is 1.52. The lowest BCUT2D eigenvalue weighted by atomic mass is 10.0.